The van der Waals surface area contributed by atoms with Gasteiger partial charge in [-0.2, -0.15) is 0 Å². The Morgan fingerprint density at radius 1 is 1.10 bits per heavy atom. The molecular weight excluding hydrogens is 272 g/mol. The van der Waals surface area contributed by atoms with Gasteiger partial charge >= 0.3 is 0 Å². The van der Waals surface area contributed by atoms with Crippen LogP contribution in [0.1, 0.15) is 27.9 Å². The van der Waals surface area contributed by atoms with Crippen molar-refractivity contribution in [3.8, 4) is 0 Å². The Balaban J connectivity index is 2.09. The van der Waals surface area contributed by atoms with E-state index in [9.17, 15) is 13.6 Å². The number of rotatable bonds is 1. The molecule has 108 valence electrons. The summed E-state index contributed by atoms with van der Waals surface area (Å²) in [6.07, 6.45) is 1.67. The first-order chi connectivity index (χ1) is 10.1. The van der Waals surface area contributed by atoms with E-state index in [1.807, 2.05) is 25.1 Å². The maximum Gasteiger partial charge on any atom is 0.264 e. The molecule has 0 unspecified atom stereocenters. The molecule has 0 saturated carbocycles. The summed E-state index contributed by atoms with van der Waals surface area (Å²) >= 11 is 0. The Kier molecular flexibility index (Phi) is 3.45. The molecule has 2 nitrogen and oxygen atoms in total. The highest BCUT2D eigenvalue weighted by molar-refractivity contribution is 6.07. The first kappa shape index (κ1) is 13.7. The normalized spacial score (nSPS) is 14.0. The molecule has 21 heavy (non-hydrogen) atoms. The smallest absolute Gasteiger partial charge is 0.264 e. The van der Waals surface area contributed by atoms with Crippen molar-refractivity contribution < 1.29 is 13.6 Å². The lowest BCUT2D eigenvalue weighted by Gasteiger charge is -2.31. The zero-order valence-electron chi connectivity index (χ0n) is 11.7. The Hall–Kier alpha value is -2.23. The van der Waals surface area contributed by atoms with Crippen LogP contribution < -0.4 is 4.90 Å². The van der Waals surface area contributed by atoms with Crippen molar-refractivity contribution in [1.82, 2.24) is 0 Å². The standard InChI is InChI=1S/C17H15F2NO/c1-11-5-2-6-12-7-4-10-20(16(11)12)17(21)15-13(18)8-3-9-14(15)19/h2-3,5-6,8-9H,4,7,10H2,1H3. The van der Waals surface area contributed by atoms with Gasteiger partial charge in [0.15, 0.2) is 0 Å². The van der Waals surface area contributed by atoms with E-state index < -0.39 is 23.1 Å². The summed E-state index contributed by atoms with van der Waals surface area (Å²) in [5.41, 5.74) is 2.30. The van der Waals surface area contributed by atoms with Gasteiger partial charge in [0.1, 0.15) is 17.2 Å². The lowest BCUT2D eigenvalue weighted by molar-refractivity contribution is 0.0977. The Labute approximate surface area is 122 Å². The van der Waals surface area contributed by atoms with Crippen molar-refractivity contribution in [2.45, 2.75) is 19.8 Å². The quantitative estimate of drug-likeness (QED) is 0.779. The van der Waals surface area contributed by atoms with Crippen molar-refractivity contribution in [2.24, 2.45) is 0 Å². The van der Waals surface area contributed by atoms with E-state index in [0.29, 0.717) is 6.54 Å². The van der Waals surface area contributed by atoms with Crippen molar-refractivity contribution >= 4 is 11.6 Å². The van der Waals surface area contributed by atoms with Crippen LogP contribution in [0, 0.1) is 18.6 Å². The first-order valence-electron chi connectivity index (χ1n) is 6.94. The summed E-state index contributed by atoms with van der Waals surface area (Å²) in [5.74, 6) is -2.25. The number of anilines is 1. The van der Waals surface area contributed by atoms with Crippen molar-refractivity contribution in [2.75, 3.05) is 11.4 Å². The minimum atomic E-state index is -0.819. The number of aryl methyl sites for hydroxylation is 2. The van der Waals surface area contributed by atoms with Gasteiger partial charge in [0.25, 0.3) is 5.91 Å². The molecule has 2 aromatic carbocycles. The fraction of sp³-hybridized carbons (Fsp3) is 0.235. The van der Waals surface area contributed by atoms with Crippen LogP contribution >= 0.6 is 0 Å². The van der Waals surface area contributed by atoms with E-state index in [4.69, 9.17) is 0 Å². The van der Waals surface area contributed by atoms with Crippen LogP contribution in [0.3, 0.4) is 0 Å². The fourth-order valence-corrected chi connectivity index (χ4v) is 2.89. The first-order valence-corrected chi connectivity index (χ1v) is 6.94. The number of benzene rings is 2. The van der Waals surface area contributed by atoms with Crippen LogP contribution in [0.4, 0.5) is 14.5 Å². The summed E-state index contributed by atoms with van der Waals surface area (Å²) in [7, 11) is 0. The average Bonchev–Trinajstić information content (AvgIpc) is 2.46. The van der Waals surface area contributed by atoms with Crippen LogP contribution in [0.2, 0.25) is 0 Å². The van der Waals surface area contributed by atoms with E-state index in [1.54, 1.807) is 0 Å². The predicted molar refractivity (Wildman–Crippen MR) is 77.5 cm³/mol. The predicted octanol–water partition coefficient (Wildman–Crippen LogP) is 3.87. The molecule has 0 bridgehead atoms. The van der Waals surface area contributed by atoms with Gasteiger partial charge in [-0.25, -0.2) is 8.78 Å². The summed E-state index contributed by atoms with van der Waals surface area (Å²) in [6.45, 7) is 2.38. The number of para-hydroxylation sites is 1. The van der Waals surface area contributed by atoms with Gasteiger partial charge < -0.3 is 4.90 Å². The number of fused-ring (bicyclic) bond motifs is 1. The minimum absolute atomic E-state index is 0.477. The van der Waals surface area contributed by atoms with Gasteiger partial charge in [0, 0.05) is 6.54 Å². The number of hydrogen-bond donors (Lipinski definition) is 0. The molecule has 0 saturated heterocycles. The second-order valence-electron chi connectivity index (χ2n) is 5.24. The Bertz CT molecular complexity index is 692. The molecule has 0 aromatic heterocycles. The highest BCUT2D eigenvalue weighted by atomic mass is 19.1. The lowest BCUT2D eigenvalue weighted by atomic mass is 9.97. The lowest BCUT2D eigenvalue weighted by Crippen LogP contribution is -2.37. The molecule has 1 heterocycles. The summed E-state index contributed by atoms with van der Waals surface area (Å²) in [6, 6.07) is 9.28. The van der Waals surface area contributed by atoms with Gasteiger partial charge in [-0.3, -0.25) is 4.79 Å². The molecular formula is C17H15F2NO. The molecule has 0 fully saturated rings. The third kappa shape index (κ3) is 2.31. The summed E-state index contributed by atoms with van der Waals surface area (Å²) < 4.78 is 27.7. The third-order valence-corrected chi connectivity index (χ3v) is 3.84. The molecule has 0 atom stereocenters. The van der Waals surface area contributed by atoms with Gasteiger partial charge in [0.05, 0.1) is 5.69 Å². The number of amides is 1. The number of nitrogens with zero attached hydrogens (tertiary/aromatic N) is 1. The average molecular weight is 287 g/mol. The van der Waals surface area contributed by atoms with Crippen LogP contribution in [0.5, 0.6) is 0 Å². The third-order valence-electron chi connectivity index (χ3n) is 3.84. The largest absolute Gasteiger partial charge is 0.308 e. The number of halogens is 2. The highest BCUT2D eigenvalue weighted by Crippen LogP contribution is 2.32. The van der Waals surface area contributed by atoms with Gasteiger partial charge in [-0.1, -0.05) is 24.3 Å². The van der Waals surface area contributed by atoms with Crippen molar-refractivity contribution in [3.63, 3.8) is 0 Å². The van der Waals surface area contributed by atoms with Crippen molar-refractivity contribution in [1.29, 1.82) is 0 Å². The topological polar surface area (TPSA) is 20.3 Å². The highest BCUT2D eigenvalue weighted by Gasteiger charge is 2.28. The molecule has 1 aliphatic rings. The molecule has 0 aliphatic carbocycles. The molecule has 0 spiro atoms. The molecule has 4 heteroatoms. The van der Waals surface area contributed by atoms with E-state index in [1.165, 1.54) is 11.0 Å². The van der Waals surface area contributed by atoms with Crippen LogP contribution in [0.25, 0.3) is 0 Å². The van der Waals surface area contributed by atoms with Gasteiger partial charge in [-0.05, 0) is 43.0 Å². The van der Waals surface area contributed by atoms with E-state index in [2.05, 4.69) is 0 Å². The molecule has 1 amide bonds. The zero-order chi connectivity index (χ0) is 15.0. The molecule has 1 aliphatic heterocycles. The Morgan fingerprint density at radius 3 is 2.48 bits per heavy atom. The van der Waals surface area contributed by atoms with E-state index >= 15 is 0 Å². The van der Waals surface area contributed by atoms with Crippen LogP contribution in [-0.2, 0) is 6.42 Å². The fourth-order valence-electron chi connectivity index (χ4n) is 2.89. The van der Waals surface area contributed by atoms with E-state index in [-0.39, 0.29) is 0 Å². The Morgan fingerprint density at radius 2 is 1.76 bits per heavy atom. The number of hydrogen-bond acceptors (Lipinski definition) is 1. The summed E-state index contributed by atoms with van der Waals surface area (Å²) in [5, 5.41) is 0. The van der Waals surface area contributed by atoms with Crippen LogP contribution in [0.15, 0.2) is 36.4 Å². The monoisotopic (exact) mass is 287 g/mol. The van der Waals surface area contributed by atoms with E-state index in [0.717, 1.165) is 41.8 Å². The number of carbonyl (C=O) groups excluding carboxylic acids is 1. The maximum absolute atomic E-state index is 13.8. The molecule has 0 radical (unpaired) electrons. The molecule has 0 N–H and O–H groups in total. The maximum atomic E-state index is 13.8. The van der Waals surface area contributed by atoms with Crippen molar-refractivity contribution in [3.05, 3.63) is 64.7 Å². The summed E-state index contributed by atoms with van der Waals surface area (Å²) in [4.78, 5) is 14.1. The second-order valence-corrected chi connectivity index (χ2v) is 5.24. The zero-order valence-corrected chi connectivity index (χ0v) is 11.7. The van der Waals surface area contributed by atoms with Crippen LogP contribution in [-0.4, -0.2) is 12.5 Å². The minimum Gasteiger partial charge on any atom is -0.308 e. The second kappa shape index (κ2) is 5.28. The number of carbonyl (C=O) groups is 1. The SMILES string of the molecule is Cc1cccc2c1N(C(=O)c1c(F)cccc1F)CCC2. The molecule has 3 rings (SSSR count). The molecule has 2 aromatic rings. The van der Waals surface area contributed by atoms with Gasteiger partial charge in [-0.15, -0.1) is 0 Å². The van der Waals surface area contributed by atoms with Gasteiger partial charge in [0.2, 0.25) is 0 Å².